The number of hydrogen-bond donors (Lipinski definition) is 1. The molecule has 0 amide bonds. The number of ether oxygens (including phenoxy) is 3. The molecular weight excluding hydrogens is 429 g/mol. The van der Waals surface area contributed by atoms with Gasteiger partial charge in [-0.2, -0.15) is 0 Å². The van der Waals surface area contributed by atoms with Gasteiger partial charge in [0.25, 0.3) is 0 Å². The van der Waals surface area contributed by atoms with Gasteiger partial charge in [-0.05, 0) is 31.7 Å². The minimum absolute atomic E-state index is 0.0290. The molecule has 178 valence electrons. The second kappa shape index (κ2) is 10.7. The lowest BCUT2D eigenvalue weighted by Crippen LogP contribution is -2.43. The van der Waals surface area contributed by atoms with Crippen LogP contribution in [0.15, 0.2) is 46.8 Å². The van der Waals surface area contributed by atoms with Gasteiger partial charge in [0.1, 0.15) is 18.3 Å². The Balaban J connectivity index is 2.03. The normalized spacial score (nSPS) is 22.6. The molecule has 3 atom stereocenters. The Morgan fingerprint density at radius 1 is 1.18 bits per heavy atom. The summed E-state index contributed by atoms with van der Waals surface area (Å²) >= 11 is 0. The Bertz CT molecular complexity index is 998. The minimum Gasteiger partial charge on any atom is -0.468 e. The summed E-state index contributed by atoms with van der Waals surface area (Å²) in [5.41, 5.74) is 1.58. The standard InChI is InChI=1S/C25H30FNO6/c1-5-10-32-11-12-33-25(30)20-15(3)27-18-13-14(2)19(24(29)31-4)23(28)22(18)21(20)16-8-6-7-9-17(16)26/h6-9,14,19,21,27H,5,10-13H2,1-4H3/t14-,19+,21+/m0/s1. The first-order chi connectivity index (χ1) is 15.8. The molecule has 1 aromatic rings. The Morgan fingerprint density at radius 2 is 1.91 bits per heavy atom. The van der Waals surface area contributed by atoms with Crippen molar-refractivity contribution >= 4 is 17.7 Å². The van der Waals surface area contributed by atoms with E-state index in [1.165, 1.54) is 19.2 Å². The van der Waals surface area contributed by atoms with E-state index in [4.69, 9.17) is 14.2 Å². The molecule has 1 aromatic carbocycles. The largest absolute Gasteiger partial charge is 0.468 e. The molecule has 1 aliphatic heterocycles. The van der Waals surface area contributed by atoms with Crippen molar-refractivity contribution in [1.29, 1.82) is 0 Å². The summed E-state index contributed by atoms with van der Waals surface area (Å²) in [7, 11) is 1.23. The third-order valence-corrected chi connectivity index (χ3v) is 5.99. The van der Waals surface area contributed by atoms with Crippen LogP contribution in [-0.4, -0.2) is 44.7 Å². The van der Waals surface area contributed by atoms with Gasteiger partial charge >= 0.3 is 11.9 Å². The summed E-state index contributed by atoms with van der Waals surface area (Å²) in [5, 5.41) is 3.15. The van der Waals surface area contributed by atoms with Crippen LogP contribution in [0.5, 0.6) is 0 Å². The number of Topliss-reactive ketones (excluding diaryl/α,β-unsaturated/α-hetero) is 1. The number of nitrogens with one attached hydrogen (secondary N) is 1. The van der Waals surface area contributed by atoms with E-state index in [1.54, 1.807) is 26.0 Å². The van der Waals surface area contributed by atoms with Crippen LogP contribution in [0.1, 0.15) is 45.1 Å². The van der Waals surface area contributed by atoms with Crippen molar-refractivity contribution in [3.63, 3.8) is 0 Å². The van der Waals surface area contributed by atoms with E-state index >= 15 is 0 Å². The molecule has 7 nitrogen and oxygen atoms in total. The predicted octanol–water partition coefficient (Wildman–Crippen LogP) is 3.41. The van der Waals surface area contributed by atoms with Crippen molar-refractivity contribution in [3.8, 4) is 0 Å². The topological polar surface area (TPSA) is 90.9 Å². The Morgan fingerprint density at radius 3 is 2.58 bits per heavy atom. The zero-order chi connectivity index (χ0) is 24.1. The lowest BCUT2D eigenvalue weighted by molar-refractivity contribution is -0.151. The van der Waals surface area contributed by atoms with Crippen LogP contribution in [-0.2, 0) is 28.6 Å². The SMILES string of the molecule is CCCOCCOC(=O)C1=C(C)NC2=C(C(=O)[C@H](C(=O)OC)[C@@H](C)C2)[C@@H]1c1ccccc1F. The van der Waals surface area contributed by atoms with Gasteiger partial charge in [-0.25, -0.2) is 9.18 Å². The molecule has 1 heterocycles. The fourth-order valence-electron chi connectivity index (χ4n) is 4.49. The highest BCUT2D eigenvalue weighted by molar-refractivity contribution is 6.12. The number of rotatable bonds is 8. The average molecular weight is 460 g/mol. The van der Waals surface area contributed by atoms with Gasteiger partial charge in [0.05, 0.1) is 25.2 Å². The van der Waals surface area contributed by atoms with Crippen molar-refractivity contribution in [2.75, 3.05) is 26.9 Å². The van der Waals surface area contributed by atoms with E-state index in [1.807, 2.05) is 6.92 Å². The maximum absolute atomic E-state index is 15.0. The van der Waals surface area contributed by atoms with E-state index in [9.17, 15) is 18.8 Å². The van der Waals surface area contributed by atoms with Crippen molar-refractivity contribution in [2.24, 2.45) is 11.8 Å². The van der Waals surface area contributed by atoms with Gasteiger partial charge in [0.2, 0.25) is 0 Å². The molecule has 0 spiro atoms. The number of methoxy groups -OCH3 is 1. The molecule has 0 radical (unpaired) electrons. The van der Waals surface area contributed by atoms with E-state index in [2.05, 4.69) is 5.32 Å². The number of hydrogen-bond acceptors (Lipinski definition) is 7. The molecule has 33 heavy (non-hydrogen) atoms. The lowest BCUT2D eigenvalue weighted by Gasteiger charge is -2.38. The highest BCUT2D eigenvalue weighted by Crippen LogP contribution is 2.46. The number of esters is 2. The molecule has 0 fully saturated rings. The molecule has 0 saturated carbocycles. The highest BCUT2D eigenvalue weighted by Gasteiger charge is 2.47. The summed E-state index contributed by atoms with van der Waals surface area (Å²) < 4.78 is 30.6. The van der Waals surface area contributed by atoms with Crippen molar-refractivity contribution in [2.45, 2.75) is 39.5 Å². The minimum atomic E-state index is -1.03. The number of benzene rings is 1. The van der Waals surface area contributed by atoms with Crippen LogP contribution in [0.3, 0.4) is 0 Å². The van der Waals surface area contributed by atoms with Gasteiger partial charge < -0.3 is 19.5 Å². The highest BCUT2D eigenvalue weighted by atomic mass is 19.1. The van der Waals surface area contributed by atoms with E-state index in [-0.39, 0.29) is 35.8 Å². The first kappa shape index (κ1) is 24.6. The molecule has 2 aliphatic rings. The van der Waals surface area contributed by atoms with Crippen LogP contribution < -0.4 is 5.32 Å². The summed E-state index contributed by atoms with van der Waals surface area (Å²) in [6.45, 7) is 6.28. The molecule has 0 saturated heterocycles. The Kier molecular flexibility index (Phi) is 8.02. The number of dihydropyridines is 1. The summed E-state index contributed by atoms with van der Waals surface area (Å²) in [5.74, 6) is -4.67. The van der Waals surface area contributed by atoms with E-state index in [0.717, 1.165) is 6.42 Å². The lowest BCUT2D eigenvalue weighted by atomic mass is 9.69. The second-order valence-electron chi connectivity index (χ2n) is 8.31. The quantitative estimate of drug-likeness (QED) is 0.362. The van der Waals surface area contributed by atoms with Gasteiger partial charge in [0, 0.05) is 29.1 Å². The maximum atomic E-state index is 15.0. The summed E-state index contributed by atoms with van der Waals surface area (Å²) in [4.78, 5) is 39.1. The molecule has 0 aromatic heterocycles. The number of allylic oxidation sites excluding steroid dienone is 3. The fraction of sp³-hybridized carbons (Fsp3) is 0.480. The van der Waals surface area contributed by atoms with Crippen molar-refractivity contribution < 1.29 is 33.0 Å². The third-order valence-electron chi connectivity index (χ3n) is 5.99. The van der Waals surface area contributed by atoms with Gasteiger partial charge in [-0.15, -0.1) is 0 Å². The van der Waals surface area contributed by atoms with Gasteiger partial charge in [-0.1, -0.05) is 32.0 Å². The maximum Gasteiger partial charge on any atom is 0.336 e. The predicted molar refractivity (Wildman–Crippen MR) is 118 cm³/mol. The fourth-order valence-corrected chi connectivity index (χ4v) is 4.49. The first-order valence-corrected chi connectivity index (χ1v) is 11.1. The zero-order valence-corrected chi connectivity index (χ0v) is 19.4. The number of carbonyl (C=O) groups is 3. The first-order valence-electron chi connectivity index (χ1n) is 11.1. The third kappa shape index (κ3) is 5.00. The Hall–Kier alpha value is -3.00. The molecular formula is C25H30FNO6. The van der Waals surface area contributed by atoms with Crippen LogP contribution in [0.25, 0.3) is 0 Å². The van der Waals surface area contributed by atoms with Crippen molar-refractivity contribution in [1.82, 2.24) is 5.32 Å². The molecule has 0 bridgehead atoms. The smallest absolute Gasteiger partial charge is 0.336 e. The average Bonchev–Trinajstić information content (AvgIpc) is 2.78. The van der Waals surface area contributed by atoms with Crippen LogP contribution in [0.2, 0.25) is 0 Å². The van der Waals surface area contributed by atoms with Gasteiger partial charge in [-0.3, -0.25) is 9.59 Å². The second-order valence-corrected chi connectivity index (χ2v) is 8.31. The molecule has 1 aliphatic carbocycles. The molecule has 8 heteroatoms. The van der Waals surface area contributed by atoms with Crippen molar-refractivity contribution in [3.05, 3.63) is 58.2 Å². The number of ketones is 1. The Labute approximate surface area is 193 Å². The molecule has 1 N–H and O–H groups in total. The monoisotopic (exact) mass is 459 g/mol. The molecule has 0 unspecified atom stereocenters. The summed E-state index contributed by atoms with van der Waals surface area (Å²) in [6.07, 6.45) is 1.23. The van der Waals surface area contributed by atoms with Crippen LogP contribution >= 0.6 is 0 Å². The molecule has 3 rings (SSSR count). The van der Waals surface area contributed by atoms with Gasteiger partial charge in [0.15, 0.2) is 5.78 Å². The van der Waals surface area contributed by atoms with E-state index < -0.39 is 35.4 Å². The zero-order valence-electron chi connectivity index (χ0n) is 19.4. The van der Waals surface area contributed by atoms with Crippen LogP contribution in [0.4, 0.5) is 4.39 Å². The van der Waals surface area contributed by atoms with Crippen LogP contribution in [0, 0.1) is 17.7 Å². The number of carbonyl (C=O) groups excluding carboxylic acids is 3. The van der Waals surface area contributed by atoms with E-state index in [0.29, 0.717) is 24.4 Å². The number of halogens is 1. The summed E-state index contributed by atoms with van der Waals surface area (Å²) in [6, 6.07) is 6.00.